The molecule has 3 aromatic rings. The van der Waals surface area contributed by atoms with Crippen LogP contribution in [-0.4, -0.2) is 16.6 Å². The van der Waals surface area contributed by atoms with E-state index in [9.17, 15) is 4.79 Å². The SMILES string of the molecule is CC(C)(C)OC=O.Cc1cccc2c1-n1c3cc(c1c(C)c3Br)S2. The molecule has 4 rings (SSSR count). The highest BCUT2D eigenvalue weighted by atomic mass is 79.9. The lowest BCUT2D eigenvalue weighted by atomic mass is 10.2. The van der Waals surface area contributed by atoms with Gasteiger partial charge in [-0.25, -0.2) is 0 Å². The molecule has 0 amide bonds. The van der Waals surface area contributed by atoms with Crippen molar-refractivity contribution in [2.75, 3.05) is 0 Å². The Morgan fingerprint density at radius 2 is 1.92 bits per heavy atom. The van der Waals surface area contributed by atoms with Crippen molar-refractivity contribution >= 4 is 45.2 Å². The van der Waals surface area contributed by atoms with Crippen LogP contribution in [-0.2, 0) is 9.53 Å². The first-order valence-corrected chi connectivity index (χ1v) is 9.37. The fourth-order valence-corrected chi connectivity index (χ4v) is 4.60. The van der Waals surface area contributed by atoms with Crippen molar-refractivity contribution in [3.8, 4) is 5.69 Å². The Hall–Kier alpha value is -1.46. The van der Waals surface area contributed by atoms with Crippen LogP contribution in [0.3, 0.4) is 0 Å². The second kappa shape index (κ2) is 6.12. The molecule has 0 N–H and O–H groups in total. The van der Waals surface area contributed by atoms with Crippen LogP contribution in [0.15, 0.2) is 38.5 Å². The van der Waals surface area contributed by atoms with Gasteiger partial charge in [0, 0.05) is 14.3 Å². The normalized spacial score (nSPS) is 12.6. The van der Waals surface area contributed by atoms with Gasteiger partial charge in [0.1, 0.15) is 5.60 Å². The highest BCUT2D eigenvalue weighted by Gasteiger charge is 2.27. The van der Waals surface area contributed by atoms with Crippen LogP contribution in [0.1, 0.15) is 31.9 Å². The monoisotopic (exact) mass is 405 g/mol. The van der Waals surface area contributed by atoms with Crippen LogP contribution in [0, 0.1) is 13.8 Å². The molecule has 0 radical (unpaired) electrons. The average Bonchev–Trinajstić information content (AvgIpc) is 2.87. The fraction of sp³-hybridized carbons (Fsp3) is 0.316. The number of benzene rings is 2. The van der Waals surface area contributed by atoms with Gasteiger partial charge in [0.25, 0.3) is 6.47 Å². The molecule has 24 heavy (non-hydrogen) atoms. The summed E-state index contributed by atoms with van der Waals surface area (Å²) in [6, 6.07) is 8.82. The van der Waals surface area contributed by atoms with Crippen molar-refractivity contribution in [3.63, 3.8) is 0 Å². The van der Waals surface area contributed by atoms with E-state index in [0.29, 0.717) is 6.47 Å². The summed E-state index contributed by atoms with van der Waals surface area (Å²) in [6.07, 6.45) is 0. The largest absolute Gasteiger partial charge is 0.462 e. The van der Waals surface area contributed by atoms with Gasteiger partial charge in [0.15, 0.2) is 0 Å². The topological polar surface area (TPSA) is 31.2 Å². The Bertz CT molecular complexity index is 908. The number of nitrogens with zero attached hydrogens (tertiary/aromatic N) is 1. The van der Waals surface area contributed by atoms with Gasteiger partial charge in [-0.2, -0.15) is 0 Å². The highest BCUT2D eigenvalue weighted by Crippen LogP contribution is 2.50. The maximum absolute atomic E-state index is 9.60. The second-order valence-electron chi connectivity index (χ2n) is 6.87. The lowest BCUT2D eigenvalue weighted by Crippen LogP contribution is -2.17. The minimum absolute atomic E-state index is 0.318. The van der Waals surface area contributed by atoms with Crippen LogP contribution in [0.5, 0.6) is 0 Å². The second-order valence-corrected chi connectivity index (χ2v) is 8.74. The van der Waals surface area contributed by atoms with Gasteiger partial charge in [-0.1, -0.05) is 23.9 Å². The summed E-state index contributed by atoms with van der Waals surface area (Å²) in [5.74, 6) is 0. The van der Waals surface area contributed by atoms with Gasteiger partial charge in [-0.05, 0) is 73.8 Å². The van der Waals surface area contributed by atoms with Crippen LogP contribution in [0.2, 0.25) is 0 Å². The van der Waals surface area contributed by atoms with E-state index in [-0.39, 0.29) is 5.60 Å². The number of halogens is 1. The van der Waals surface area contributed by atoms with Gasteiger partial charge in [0.05, 0.1) is 16.7 Å². The number of fused-ring (bicyclic) bond motifs is 1. The lowest BCUT2D eigenvalue weighted by molar-refractivity contribution is -0.138. The maximum atomic E-state index is 9.60. The minimum atomic E-state index is -0.318. The number of carbonyl (C=O) groups excluding carboxylic acids is 1. The predicted octanol–water partition coefficient (Wildman–Crippen LogP) is 5.87. The van der Waals surface area contributed by atoms with Crippen molar-refractivity contribution in [2.45, 2.75) is 50.0 Å². The summed E-state index contributed by atoms with van der Waals surface area (Å²) in [6.45, 7) is 10.3. The first-order valence-electron chi connectivity index (χ1n) is 7.76. The van der Waals surface area contributed by atoms with Crippen LogP contribution < -0.4 is 0 Å². The average molecular weight is 406 g/mol. The van der Waals surface area contributed by atoms with Crippen molar-refractivity contribution in [3.05, 3.63) is 39.9 Å². The van der Waals surface area contributed by atoms with E-state index in [1.54, 1.807) is 0 Å². The zero-order valence-electron chi connectivity index (χ0n) is 14.4. The van der Waals surface area contributed by atoms with Gasteiger partial charge in [0.2, 0.25) is 0 Å². The van der Waals surface area contributed by atoms with Gasteiger partial charge >= 0.3 is 0 Å². The molecule has 0 aliphatic carbocycles. The molecule has 0 saturated heterocycles. The molecule has 1 aromatic carbocycles. The molecular formula is C19H20BrNO2S. The molecule has 2 aromatic heterocycles. The Balaban J connectivity index is 0.000000209. The summed E-state index contributed by atoms with van der Waals surface area (Å²) in [4.78, 5) is 12.4. The molecule has 0 saturated carbocycles. The first-order chi connectivity index (χ1) is 11.2. The van der Waals surface area contributed by atoms with Crippen molar-refractivity contribution in [2.24, 2.45) is 0 Å². The zero-order valence-corrected chi connectivity index (χ0v) is 16.8. The quantitative estimate of drug-likeness (QED) is 0.371. The molecule has 5 heteroatoms. The minimum Gasteiger partial charge on any atom is -0.462 e. The summed E-state index contributed by atoms with van der Waals surface area (Å²) < 4.78 is 8.19. The smallest absolute Gasteiger partial charge is 0.293 e. The molecule has 126 valence electrons. The van der Waals surface area contributed by atoms with E-state index in [1.165, 1.54) is 42.1 Å². The molecule has 1 aliphatic heterocycles. The van der Waals surface area contributed by atoms with E-state index in [0.717, 1.165) is 0 Å². The number of para-hydroxylation sites is 1. The van der Waals surface area contributed by atoms with Crippen LogP contribution in [0.4, 0.5) is 0 Å². The molecule has 4 bridgehead atoms. The van der Waals surface area contributed by atoms with E-state index >= 15 is 0 Å². The number of hydrogen-bond acceptors (Lipinski definition) is 3. The van der Waals surface area contributed by atoms with Crippen molar-refractivity contribution in [1.82, 2.24) is 4.57 Å². The van der Waals surface area contributed by atoms with E-state index < -0.39 is 0 Å². The Morgan fingerprint density at radius 1 is 1.21 bits per heavy atom. The predicted molar refractivity (Wildman–Crippen MR) is 103 cm³/mol. The number of rotatable bonds is 1. The molecule has 3 heterocycles. The van der Waals surface area contributed by atoms with Gasteiger partial charge in [-0.3, -0.25) is 4.79 Å². The summed E-state index contributed by atoms with van der Waals surface area (Å²) in [5.41, 5.74) is 6.41. The third-order valence-electron chi connectivity index (χ3n) is 3.92. The maximum Gasteiger partial charge on any atom is 0.293 e. The van der Waals surface area contributed by atoms with Gasteiger partial charge < -0.3 is 9.30 Å². The third kappa shape index (κ3) is 2.84. The Labute approximate surface area is 154 Å². The number of carbonyl (C=O) groups is 1. The lowest BCUT2D eigenvalue weighted by Gasteiger charge is -2.17. The first kappa shape index (κ1) is 17.4. The fourth-order valence-electron chi connectivity index (χ4n) is 2.87. The molecule has 0 atom stereocenters. The van der Waals surface area contributed by atoms with Crippen LogP contribution >= 0.6 is 27.7 Å². The standard InChI is InChI=1S/C14H10BrNS.C5H10O2/c1-7-4-3-5-10-13(7)16-9-6-11(17-10)14(16)8(2)12(9)15;1-5(2,3)7-4-6/h3-6H,1-2H3;4H,1-3H3. The molecular weight excluding hydrogens is 386 g/mol. The van der Waals surface area contributed by atoms with Gasteiger partial charge in [-0.15, -0.1) is 0 Å². The van der Waals surface area contributed by atoms with E-state index in [2.05, 4.69) is 63.3 Å². The van der Waals surface area contributed by atoms with Crippen molar-refractivity contribution < 1.29 is 9.53 Å². The zero-order chi connectivity index (χ0) is 17.6. The Kier molecular flexibility index (Phi) is 4.43. The van der Waals surface area contributed by atoms with Crippen molar-refractivity contribution in [1.29, 1.82) is 0 Å². The number of hydrogen-bond donors (Lipinski definition) is 0. The van der Waals surface area contributed by atoms with E-state index in [1.807, 2.05) is 32.5 Å². The summed E-state index contributed by atoms with van der Waals surface area (Å²) in [7, 11) is 0. The molecule has 0 spiro atoms. The highest BCUT2D eigenvalue weighted by molar-refractivity contribution is 9.10. The van der Waals surface area contributed by atoms with Crippen LogP contribution in [0.25, 0.3) is 16.7 Å². The third-order valence-corrected chi connectivity index (χ3v) is 6.00. The number of aromatic nitrogens is 1. The number of ether oxygens (including phenoxy) is 1. The summed E-state index contributed by atoms with van der Waals surface area (Å²) in [5, 5.41) is 0. The summed E-state index contributed by atoms with van der Waals surface area (Å²) >= 11 is 5.59. The van der Waals surface area contributed by atoms with E-state index in [4.69, 9.17) is 0 Å². The molecule has 0 unspecified atom stereocenters. The molecule has 0 fully saturated rings. The Morgan fingerprint density at radius 3 is 2.50 bits per heavy atom. The molecule has 1 aliphatic rings. The molecule has 3 nitrogen and oxygen atoms in total. The number of aryl methyl sites for hydroxylation is 2.